The number of nitrogens with one attached hydrogen (secondary N) is 1. The standard InChI is InChI=1S/C14H21ClN2O3S/c1-5-6-10(2)16-14(18)11-7-8-12(17(3)4)13(9-11)21(15,19)20/h7-10H,5-6H2,1-4H3,(H,16,18). The molecule has 1 amide bonds. The summed E-state index contributed by atoms with van der Waals surface area (Å²) in [6, 6.07) is 4.52. The second-order valence-corrected chi connectivity index (χ2v) is 7.71. The minimum absolute atomic E-state index is 0.0343. The van der Waals surface area contributed by atoms with Gasteiger partial charge in [0.1, 0.15) is 4.90 Å². The number of rotatable bonds is 6. The average Bonchev–Trinajstić information content (AvgIpc) is 2.37. The predicted octanol–water partition coefficient (Wildman–Crippen LogP) is 2.60. The van der Waals surface area contributed by atoms with Gasteiger partial charge in [-0.15, -0.1) is 0 Å². The van der Waals surface area contributed by atoms with E-state index >= 15 is 0 Å². The Morgan fingerprint density at radius 3 is 2.48 bits per heavy atom. The van der Waals surface area contributed by atoms with E-state index in [0.29, 0.717) is 5.69 Å². The first-order chi connectivity index (χ1) is 9.66. The zero-order valence-corrected chi connectivity index (χ0v) is 14.3. The van der Waals surface area contributed by atoms with Crippen molar-refractivity contribution in [2.45, 2.75) is 37.6 Å². The van der Waals surface area contributed by atoms with Crippen LogP contribution in [0.2, 0.25) is 0 Å². The van der Waals surface area contributed by atoms with Crippen LogP contribution in [0, 0.1) is 0 Å². The molecule has 0 aliphatic carbocycles. The highest BCUT2D eigenvalue weighted by atomic mass is 35.7. The summed E-state index contributed by atoms with van der Waals surface area (Å²) >= 11 is 0. The van der Waals surface area contributed by atoms with E-state index in [4.69, 9.17) is 10.7 Å². The fourth-order valence-electron chi connectivity index (χ4n) is 2.03. The van der Waals surface area contributed by atoms with E-state index in [1.807, 2.05) is 13.8 Å². The molecule has 0 saturated heterocycles. The van der Waals surface area contributed by atoms with Crippen molar-refractivity contribution >= 4 is 31.3 Å². The minimum Gasteiger partial charge on any atom is -0.377 e. The van der Waals surface area contributed by atoms with E-state index in [1.165, 1.54) is 6.07 Å². The molecule has 0 bridgehead atoms. The maximum Gasteiger partial charge on any atom is 0.263 e. The minimum atomic E-state index is -3.92. The number of amides is 1. The van der Waals surface area contributed by atoms with Crippen LogP contribution < -0.4 is 10.2 Å². The summed E-state index contributed by atoms with van der Waals surface area (Å²) in [5, 5.41) is 2.83. The number of nitrogens with zero attached hydrogens (tertiary/aromatic N) is 1. The molecule has 118 valence electrons. The van der Waals surface area contributed by atoms with Crippen molar-refractivity contribution in [3.63, 3.8) is 0 Å². The molecule has 0 fully saturated rings. The molecule has 1 atom stereocenters. The monoisotopic (exact) mass is 332 g/mol. The summed E-state index contributed by atoms with van der Waals surface area (Å²) in [4.78, 5) is 13.7. The van der Waals surface area contributed by atoms with Crippen molar-refractivity contribution in [1.29, 1.82) is 0 Å². The second kappa shape index (κ2) is 7.13. The van der Waals surface area contributed by atoms with Crippen LogP contribution in [0.5, 0.6) is 0 Å². The molecule has 1 aromatic rings. The van der Waals surface area contributed by atoms with Crippen LogP contribution in [-0.2, 0) is 9.05 Å². The summed E-state index contributed by atoms with van der Waals surface area (Å²) in [6.07, 6.45) is 1.82. The molecule has 0 spiro atoms. The molecule has 0 aromatic heterocycles. The van der Waals surface area contributed by atoms with Gasteiger partial charge in [-0.05, 0) is 31.5 Å². The number of hydrogen-bond donors (Lipinski definition) is 1. The average molecular weight is 333 g/mol. The van der Waals surface area contributed by atoms with Crippen LogP contribution in [0.4, 0.5) is 5.69 Å². The summed E-state index contributed by atoms with van der Waals surface area (Å²) in [6.45, 7) is 3.95. The van der Waals surface area contributed by atoms with Gasteiger partial charge in [0.15, 0.2) is 0 Å². The van der Waals surface area contributed by atoms with Crippen molar-refractivity contribution in [1.82, 2.24) is 5.32 Å². The van der Waals surface area contributed by atoms with Gasteiger partial charge < -0.3 is 10.2 Å². The Bertz CT molecular complexity index is 615. The van der Waals surface area contributed by atoms with Crippen LogP contribution in [-0.4, -0.2) is 34.5 Å². The third-order valence-electron chi connectivity index (χ3n) is 3.07. The lowest BCUT2D eigenvalue weighted by atomic mass is 10.1. The smallest absolute Gasteiger partial charge is 0.263 e. The molecule has 1 aromatic carbocycles. The Kier molecular flexibility index (Phi) is 6.04. The fraction of sp³-hybridized carbons (Fsp3) is 0.500. The van der Waals surface area contributed by atoms with E-state index in [-0.39, 0.29) is 22.4 Å². The largest absolute Gasteiger partial charge is 0.377 e. The first-order valence-corrected chi connectivity index (χ1v) is 9.04. The van der Waals surface area contributed by atoms with Crippen LogP contribution in [0.1, 0.15) is 37.0 Å². The van der Waals surface area contributed by atoms with Gasteiger partial charge >= 0.3 is 0 Å². The summed E-state index contributed by atoms with van der Waals surface area (Å²) in [7, 11) is 4.96. The molecule has 1 unspecified atom stereocenters. The van der Waals surface area contributed by atoms with Crippen molar-refractivity contribution in [3.05, 3.63) is 23.8 Å². The van der Waals surface area contributed by atoms with Gasteiger partial charge in [0, 0.05) is 36.4 Å². The lowest BCUT2D eigenvalue weighted by Crippen LogP contribution is -2.32. The third-order valence-corrected chi connectivity index (χ3v) is 4.42. The Labute approximate surface area is 130 Å². The van der Waals surface area contributed by atoms with Crippen molar-refractivity contribution < 1.29 is 13.2 Å². The predicted molar refractivity (Wildman–Crippen MR) is 85.6 cm³/mol. The molecule has 1 N–H and O–H groups in total. The highest BCUT2D eigenvalue weighted by Crippen LogP contribution is 2.28. The molecule has 0 radical (unpaired) electrons. The van der Waals surface area contributed by atoms with Gasteiger partial charge in [-0.3, -0.25) is 4.79 Å². The number of benzene rings is 1. The van der Waals surface area contributed by atoms with E-state index in [0.717, 1.165) is 12.8 Å². The molecule has 0 saturated carbocycles. The fourth-order valence-corrected chi connectivity index (χ4v) is 3.17. The SMILES string of the molecule is CCCC(C)NC(=O)c1ccc(N(C)C)c(S(=O)(=O)Cl)c1. The van der Waals surface area contributed by atoms with E-state index in [2.05, 4.69) is 5.32 Å². The maximum absolute atomic E-state index is 12.1. The molecular formula is C14H21ClN2O3S. The Hall–Kier alpha value is -1.27. The molecule has 7 heteroatoms. The highest BCUT2D eigenvalue weighted by Gasteiger charge is 2.20. The first-order valence-electron chi connectivity index (χ1n) is 6.73. The molecule has 0 aliphatic heterocycles. The van der Waals surface area contributed by atoms with Gasteiger partial charge in [0.05, 0.1) is 5.69 Å². The van der Waals surface area contributed by atoms with Gasteiger partial charge in [-0.2, -0.15) is 0 Å². The van der Waals surface area contributed by atoms with Crippen LogP contribution >= 0.6 is 10.7 Å². The number of carbonyl (C=O) groups excluding carboxylic acids is 1. The molecular weight excluding hydrogens is 312 g/mol. The quantitative estimate of drug-likeness (QED) is 0.813. The third kappa shape index (κ3) is 4.89. The normalized spacial score (nSPS) is 12.8. The van der Waals surface area contributed by atoms with Crippen LogP contribution in [0.25, 0.3) is 0 Å². The van der Waals surface area contributed by atoms with Crippen molar-refractivity contribution in [3.8, 4) is 0 Å². The summed E-state index contributed by atoms with van der Waals surface area (Å²) in [5.74, 6) is -0.303. The van der Waals surface area contributed by atoms with Gasteiger partial charge in [-0.25, -0.2) is 8.42 Å². The highest BCUT2D eigenvalue weighted by molar-refractivity contribution is 8.13. The topological polar surface area (TPSA) is 66.5 Å². The lowest BCUT2D eigenvalue weighted by Gasteiger charge is -2.17. The molecule has 1 rings (SSSR count). The van der Waals surface area contributed by atoms with E-state index < -0.39 is 9.05 Å². The second-order valence-electron chi connectivity index (χ2n) is 5.18. The molecule has 5 nitrogen and oxygen atoms in total. The van der Waals surface area contributed by atoms with Crippen LogP contribution in [0.3, 0.4) is 0 Å². The van der Waals surface area contributed by atoms with Gasteiger partial charge in [0.2, 0.25) is 0 Å². The van der Waals surface area contributed by atoms with Gasteiger partial charge in [0.25, 0.3) is 15.0 Å². The van der Waals surface area contributed by atoms with Gasteiger partial charge in [-0.1, -0.05) is 13.3 Å². The van der Waals surface area contributed by atoms with E-state index in [1.54, 1.807) is 31.1 Å². The summed E-state index contributed by atoms with van der Waals surface area (Å²) < 4.78 is 23.3. The molecule has 21 heavy (non-hydrogen) atoms. The Morgan fingerprint density at radius 2 is 2.00 bits per heavy atom. The van der Waals surface area contributed by atoms with Crippen molar-refractivity contribution in [2.24, 2.45) is 0 Å². The number of anilines is 1. The number of hydrogen-bond acceptors (Lipinski definition) is 4. The number of carbonyl (C=O) groups is 1. The number of halogens is 1. The Morgan fingerprint density at radius 1 is 1.38 bits per heavy atom. The lowest BCUT2D eigenvalue weighted by molar-refractivity contribution is 0.0938. The Balaban J connectivity index is 3.14. The maximum atomic E-state index is 12.1. The zero-order chi connectivity index (χ0) is 16.2. The van der Waals surface area contributed by atoms with Crippen LogP contribution in [0.15, 0.2) is 23.1 Å². The summed E-state index contributed by atoms with van der Waals surface area (Å²) in [5.41, 5.74) is 0.728. The van der Waals surface area contributed by atoms with E-state index in [9.17, 15) is 13.2 Å². The first kappa shape index (κ1) is 17.8. The van der Waals surface area contributed by atoms with Crippen molar-refractivity contribution in [2.75, 3.05) is 19.0 Å². The molecule has 0 heterocycles. The molecule has 0 aliphatic rings. The zero-order valence-electron chi connectivity index (χ0n) is 12.7.